The van der Waals surface area contributed by atoms with Crippen LogP contribution in [0.5, 0.6) is 0 Å². The summed E-state index contributed by atoms with van der Waals surface area (Å²) < 4.78 is 40.7. The molecule has 3 nitrogen and oxygen atoms in total. The van der Waals surface area contributed by atoms with Gasteiger partial charge in [-0.25, -0.2) is 4.98 Å². The molecule has 2 N–H and O–H groups in total. The third-order valence-corrected chi connectivity index (χ3v) is 3.08. The summed E-state index contributed by atoms with van der Waals surface area (Å²) in [4.78, 5) is 4.08. The van der Waals surface area contributed by atoms with E-state index < -0.39 is 11.7 Å². The van der Waals surface area contributed by atoms with Crippen molar-refractivity contribution in [2.45, 2.75) is 6.18 Å². The van der Waals surface area contributed by atoms with Crippen molar-refractivity contribution >= 4 is 11.2 Å². The largest absolute Gasteiger partial charge is 0.417 e. The molecule has 0 aliphatic carbocycles. The molecule has 1 aromatic carbocycles. The smallest absolute Gasteiger partial charge is 0.397 e. The Hall–Kier alpha value is -2.50. The lowest BCUT2D eigenvalue weighted by Crippen LogP contribution is -2.08. The molecule has 0 spiro atoms. The van der Waals surface area contributed by atoms with E-state index in [9.17, 15) is 13.2 Å². The monoisotopic (exact) mass is 277 g/mol. The highest BCUT2D eigenvalue weighted by Crippen LogP contribution is 2.36. The van der Waals surface area contributed by atoms with Crippen molar-refractivity contribution < 1.29 is 13.2 Å². The topological polar surface area (TPSA) is 43.3 Å². The minimum absolute atomic E-state index is 0.0330. The number of pyridine rings is 1. The van der Waals surface area contributed by atoms with Gasteiger partial charge in [-0.05, 0) is 18.2 Å². The zero-order valence-corrected chi connectivity index (χ0v) is 10.2. The van der Waals surface area contributed by atoms with Crippen molar-refractivity contribution in [2.75, 3.05) is 5.73 Å². The first-order chi connectivity index (χ1) is 9.48. The maximum absolute atomic E-state index is 13.1. The van der Waals surface area contributed by atoms with Crippen LogP contribution < -0.4 is 5.73 Å². The van der Waals surface area contributed by atoms with Gasteiger partial charge in [0.15, 0.2) is 0 Å². The van der Waals surface area contributed by atoms with Gasteiger partial charge in [-0.1, -0.05) is 18.2 Å². The Morgan fingerprint density at radius 2 is 1.80 bits per heavy atom. The molecule has 0 fully saturated rings. The quantitative estimate of drug-likeness (QED) is 0.738. The van der Waals surface area contributed by atoms with Crippen molar-refractivity contribution in [3.63, 3.8) is 0 Å². The first kappa shape index (κ1) is 12.5. The van der Waals surface area contributed by atoms with Crippen LogP contribution in [-0.2, 0) is 6.18 Å². The van der Waals surface area contributed by atoms with E-state index in [4.69, 9.17) is 5.73 Å². The summed E-state index contributed by atoms with van der Waals surface area (Å²) in [5.74, 6) is 0.222. The van der Waals surface area contributed by atoms with Crippen LogP contribution in [0.1, 0.15) is 5.56 Å². The Labute approximate surface area is 112 Å². The lowest BCUT2D eigenvalue weighted by atomic mass is 10.1. The second kappa shape index (κ2) is 4.26. The number of nitrogen functional groups attached to an aromatic ring is 1. The Morgan fingerprint density at radius 3 is 2.55 bits per heavy atom. The minimum atomic E-state index is -4.43. The molecule has 3 aromatic rings. The summed E-state index contributed by atoms with van der Waals surface area (Å²) in [5, 5.41) is 0. The number of halogens is 3. The van der Waals surface area contributed by atoms with Crippen LogP contribution in [0.15, 0.2) is 48.8 Å². The first-order valence-electron chi connectivity index (χ1n) is 5.86. The molecule has 3 rings (SSSR count). The molecular weight excluding hydrogens is 267 g/mol. The van der Waals surface area contributed by atoms with Crippen LogP contribution in [0.2, 0.25) is 0 Å². The number of rotatable bonds is 1. The molecule has 6 heteroatoms. The van der Waals surface area contributed by atoms with Crippen LogP contribution in [0, 0.1) is 0 Å². The highest BCUT2D eigenvalue weighted by Gasteiger charge is 2.34. The minimum Gasteiger partial charge on any atom is -0.397 e. The molecular formula is C14H10F3N3. The van der Waals surface area contributed by atoms with Gasteiger partial charge in [-0.15, -0.1) is 0 Å². The molecule has 0 bridgehead atoms. The molecule has 0 aliphatic rings. The first-order valence-corrected chi connectivity index (χ1v) is 5.86. The predicted molar refractivity (Wildman–Crippen MR) is 70.0 cm³/mol. The van der Waals surface area contributed by atoms with E-state index in [1.165, 1.54) is 18.3 Å². The van der Waals surface area contributed by atoms with Crippen molar-refractivity contribution in [3.05, 3.63) is 54.4 Å². The fourth-order valence-corrected chi connectivity index (χ4v) is 2.17. The zero-order valence-electron chi connectivity index (χ0n) is 10.2. The molecule has 2 aromatic heterocycles. The third-order valence-electron chi connectivity index (χ3n) is 3.08. The van der Waals surface area contributed by atoms with E-state index >= 15 is 0 Å². The van der Waals surface area contributed by atoms with Gasteiger partial charge in [0.25, 0.3) is 0 Å². The zero-order chi connectivity index (χ0) is 14.3. The fourth-order valence-electron chi connectivity index (χ4n) is 2.17. The van der Waals surface area contributed by atoms with Gasteiger partial charge in [0.1, 0.15) is 5.82 Å². The molecule has 0 saturated carbocycles. The Bertz CT molecular complexity index is 775. The maximum Gasteiger partial charge on any atom is 0.417 e. The normalized spacial score (nSPS) is 11.9. The number of fused-ring (bicyclic) bond motifs is 1. The number of aromatic nitrogens is 2. The molecule has 0 saturated heterocycles. The number of hydrogen-bond donors (Lipinski definition) is 1. The average molecular weight is 277 g/mol. The van der Waals surface area contributed by atoms with Gasteiger partial charge >= 0.3 is 6.18 Å². The Kier molecular flexibility index (Phi) is 2.67. The molecule has 0 aliphatic heterocycles. The van der Waals surface area contributed by atoms with E-state index in [1.54, 1.807) is 28.8 Å². The van der Waals surface area contributed by atoms with Crippen molar-refractivity contribution in [2.24, 2.45) is 0 Å². The summed E-state index contributed by atoms with van der Waals surface area (Å²) in [6.45, 7) is 0. The van der Waals surface area contributed by atoms with E-state index in [-0.39, 0.29) is 11.4 Å². The highest BCUT2D eigenvalue weighted by molar-refractivity contribution is 5.74. The number of benzene rings is 1. The second-order valence-corrected chi connectivity index (χ2v) is 4.34. The van der Waals surface area contributed by atoms with Gasteiger partial charge in [0.2, 0.25) is 0 Å². The summed E-state index contributed by atoms with van der Waals surface area (Å²) in [7, 11) is 0. The highest BCUT2D eigenvalue weighted by atomic mass is 19.4. The van der Waals surface area contributed by atoms with E-state index in [1.807, 2.05) is 0 Å². The number of hydrogen-bond acceptors (Lipinski definition) is 2. The van der Waals surface area contributed by atoms with E-state index in [2.05, 4.69) is 4.98 Å². The Morgan fingerprint density at radius 1 is 1.05 bits per heavy atom. The van der Waals surface area contributed by atoms with E-state index in [0.717, 1.165) is 6.07 Å². The molecule has 2 heterocycles. The SMILES string of the molecule is Nc1cccn2c(-c3ccccc3C(F)(F)F)ncc12. The number of nitrogens with zero attached hydrogens (tertiary/aromatic N) is 2. The molecule has 0 unspecified atom stereocenters. The maximum atomic E-state index is 13.1. The van der Waals surface area contributed by atoms with Gasteiger partial charge < -0.3 is 5.73 Å². The molecule has 0 amide bonds. The number of imidazole rings is 1. The van der Waals surface area contributed by atoms with Gasteiger partial charge in [0.05, 0.1) is 23.0 Å². The van der Waals surface area contributed by atoms with Crippen LogP contribution in [0.4, 0.5) is 18.9 Å². The van der Waals surface area contributed by atoms with Crippen molar-refractivity contribution in [1.29, 1.82) is 0 Å². The van der Waals surface area contributed by atoms with Crippen LogP contribution >= 0.6 is 0 Å². The van der Waals surface area contributed by atoms with Crippen LogP contribution in [-0.4, -0.2) is 9.38 Å². The van der Waals surface area contributed by atoms with E-state index in [0.29, 0.717) is 11.2 Å². The molecule has 0 atom stereocenters. The van der Waals surface area contributed by atoms with Crippen molar-refractivity contribution in [3.8, 4) is 11.4 Å². The molecule has 20 heavy (non-hydrogen) atoms. The lowest BCUT2D eigenvalue weighted by molar-refractivity contribution is -0.137. The summed E-state index contributed by atoms with van der Waals surface area (Å²) >= 11 is 0. The summed E-state index contributed by atoms with van der Waals surface area (Å²) in [5.41, 5.74) is 6.16. The second-order valence-electron chi connectivity index (χ2n) is 4.34. The number of alkyl halides is 3. The molecule has 0 radical (unpaired) electrons. The number of anilines is 1. The van der Waals surface area contributed by atoms with Gasteiger partial charge in [0, 0.05) is 11.8 Å². The van der Waals surface area contributed by atoms with Crippen LogP contribution in [0.3, 0.4) is 0 Å². The van der Waals surface area contributed by atoms with Crippen LogP contribution in [0.25, 0.3) is 16.9 Å². The molecule has 102 valence electrons. The summed E-state index contributed by atoms with van der Waals surface area (Å²) in [6.07, 6.45) is -1.32. The Balaban J connectivity index is 2.30. The van der Waals surface area contributed by atoms with Gasteiger partial charge in [-0.2, -0.15) is 13.2 Å². The van der Waals surface area contributed by atoms with Crippen molar-refractivity contribution in [1.82, 2.24) is 9.38 Å². The van der Waals surface area contributed by atoms with Gasteiger partial charge in [-0.3, -0.25) is 4.40 Å². The standard InChI is InChI=1S/C14H10F3N3/c15-14(16,17)10-5-2-1-4-9(10)13-19-8-12-11(18)6-3-7-20(12)13/h1-8H,18H2. The predicted octanol–water partition coefficient (Wildman–Crippen LogP) is 3.60. The third kappa shape index (κ3) is 1.89. The number of nitrogens with two attached hydrogens (primary N) is 1. The average Bonchev–Trinajstić information content (AvgIpc) is 2.83. The lowest BCUT2D eigenvalue weighted by Gasteiger charge is -2.12. The summed E-state index contributed by atoms with van der Waals surface area (Å²) in [6, 6.07) is 8.71. The fraction of sp³-hybridized carbons (Fsp3) is 0.0714.